The second-order valence-electron chi connectivity index (χ2n) is 2.77. The fraction of sp³-hybridized carbons (Fsp3) is 0. The van der Waals surface area contributed by atoms with E-state index in [1.807, 2.05) is 0 Å². The Bertz CT molecular complexity index is 420. The van der Waals surface area contributed by atoms with Crippen molar-refractivity contribution >= 4 is 29.2 Å². The summed E-state index contributed by atoms with van der Waals surface area (Å²) in [4.78, 5) is 22.9. The molecule has 0 unspecified atom stereocenters. The maximum absolute atomic E-state index is 11.5. The highest BCUT2D eigenvalue weighted by Crippen LogP contribution is 2.23. The van der Waals surface area contributed by atoms with Gasteiger partial charge in [-0.15, -0.1) is 0 Å². The maximum atomic E-state index is 11.5. The molecular weight excluding hydrogens is 202 g/mol. The molecule has 1 N–H and O–H groups in total. The largest absolute Gasteiger partial charge is 0.464 e. The molecule has 1 aromatic rings. The Morgan fingerprint density at radius 1 is 1.29 bits per heavy atom. The van der Waals surface area contributed by atoms with Crippen LogP contribution in [-0.4, -0.2) is 27.0 Å². The molecule has 1 aliphatic rings. The van der Waals surface area contributed by atoms with Crippen LogP contribution in [0.25, 0.3) is 0 Å². The molecule has 0 aliphatic carbocycles. The Morgan fingerprint density at radius 3 is 2.36 bits per heavy atom. The molecule has 2 rings (SSSR count). The van der Waals surface area contributed by atoms with Crippen molar-refractivity contribution in [2.24, 2.45) is 0 Å². The molecule has 5 heteroatoms. The van der Waals surface area contributed by atoms with Gasteiger partial charge in [0.05, 0.1) is 5.56 Å². The minimum absolute atomic E-state index is 0.0538. The number of carbonyl (C=O) groups excluding carboxylic acids is 1. The van der Waals surface area contributed by atoms with E-state index in [1.165, 1.54) is 0 Å². The van der Waals surface area contributed by atoms with Crippen LogP contribution in [-0.2, 0) is 0 Å². The van der Waals surface area contributed by atoms with Crippen molar-refractivity contribution in [2.75, 3.05) is 0 Å². The van der Waals surface area contributed by atoms with Crippen molar-refractivity contribution in [1.82, 2.24) is 4.90 Å². The molecule has 0 saturated heterocycles. The molecule has 4 nitrogen and oxygen atoms in total. The Morgan fingerprint density at radius 2 is 1.86 bits per heavy atom. The van der Waals surface area contributed by atoms with E-state index >= 15 is 0 Å². The van der Waals surface area contributed by atoms with Crippen LogP contribution in [0.15, 0.2) is 24.3 Å². The molecule has 0 aromatic heterocycles. The van der Waals surface area contributed by atoms with Crippen LogP contribution in [0.1, 0.15) is 15.9 Å². The first-order valence-corrected chi connectivity index (χ1v) is 4.24. The van der Waals surface area contributed by atoms with Crippen molar-refractivity contribution in [1.29, 1.82) is 0 Å². The van der Waals surface area contributed by atoms with Crippen molar-refractivity contribution in [3.8, 4) is 0 Å². The molecule has 0 atom stereocenters. The maximum Gasteiger partial charge on any atom is 0.419 e. The molecule has 14 heavy (non-hydrogen) atoms. The lowest BCUT2D eigenvalue weighted by atomic mass is 10.1. The van der Waals surface area contributed by atoms with Gasteiger partial charge in [0, 0.05) is 5.56 Å². The van der Waals surface area contributed by atoms with E-state index in [4.69, 9.17) is 17.3 Å². The van der Waals surface area contributed by atoms with E-state index in [9.17, 15) is 9.59 Å². The molecular formula is C9H5NO3S. The quantitative estimate of drug-likeness (QED) is 0.655. The standard InChI is InChI=1S/C9H5NO3S/c11-7-5-3-1-2-4-6(5)8(14)10(7)9(12)13/h1-4H,(H,12,13). The van der Waals surface area contributed by atoms with Gasteiger partial charge in [0.15, 0.2) is 0 Å². The summed E-state index contributed by atoms with van der Waals surface area (Å²) in [7, 11) is 0. The molecule has 70 valence electrons. The lowest BCUT2D eigenvalue weighted by Gasteiger charge is -2.07. The number of benzene rings is 1. The first-order chi connectivity index (χ1) is 6.63. The Hall–Kier alpha value is -1.75. The van der Waals surface area contributed by atoms with Gasteiger partial charge in [-0.05, 0) is 6.07 Å². The minimum atomic E-state index is -1.34. The van der Waals surface area contributed by atoms with Crippen molar-refractivity contribution in [3.63, 3.8) is 0 Å². The van der Waals surface area contributed by atoms with E-state index in [0.717, 1.165) is 0 Å². The van der Waals surface area contributed by atoms with Gasteiger partial charge in [-0.1, -0.05) is 30.4 Å². The Kier molecular flexibility index (Phi) is 1.82. The summed E-state index contributed by atoms with van der Waals surface area (Å²) in [6, 6.07) is 6.58. The van der Waals surface area contributed by atoms with E-state index < -0.39 is 12.0 Å². The lowest BCUT2D eigenvalue weighted by molar-refractivity contribution is 0.0850. The molecule has 0 bridgehead atoms. The highest BCUT2D eigenvalue weighted by molar-refractivity contribution is 7.80. The number of carboxylic acid groups (broad SMARTS) is 1. The van der Waals surface area contributed by atoms with Crippen LogP contribution in [0.4, 0.5) is 4.79 Å². The highest BCUT2D eigenvalue weighted by Gasteiger charge is 2.36. The molecule has 0 spiro atoms. The molecule has 1 aliphatic heterocycles. The van der Waals surface area contributed by atoms with E-state index in [0.29, 0.717) is 16.0 Å². The summed E-state index contributed by atoms with van der Waals surface area (Å²) in [6.07, 6.45) is -1.34. The first kappa shape index (κ1) is 8.83. The highest BCUT2D eigenvalue weighted by atomic mass is 32.1. The Labute approximate surface area is 84.8 Å². The molecule has 0 fully saturated rings. The molecule has 1 heterocycles. The smallest absolute Gasteiger partial charge is 0.419 e. The fourth-order valence-electron chi connectivity index (χ4n) is 1.36. The predicted molar refractivity (Wildman–Crippen MR) is 52.3 cm³/mol. The zero-order chi connectivity index (χ0) is 10.3. The second-order valence-corrected chi connectivity index (χ2v) is 3.16. The van der Waals surface area contributed by atoms with Crippen LogP contribution in [0, 0.1) is 0 Å². The number of hydrogen-bond donors (Lipinski definition) is 1. The van der Waals surface area contributed by atoms with Gasteiger partial charge < -0.3 is 5.11 Å². The molecule has 0 saturated carbocycles. The number of carbonyl (C=O) groups is 2. The number of imide groups is 1. The minimum Gasteiger partial charge on any atom is -0.464 e. The summed E-state index contributed by atoms with van der Waals surface area (Å²) < 4.78 is 0. The second kappa shape index (κ2) is 2.88. The number of rotatable bonds is 0. The van der Waals surface area contributed by atoms with Crippen LogP contribution in [0.2, 0.25) is 0 Å². The summed E-state index contributed by atoms with van der Waals surface area (Å²) in [6.45, 7) is 0. The lowest BCUT2D eigenvalue weighted by Crippen LogP contribution is -2.34. The van der Waals surface area contributed by atoms with Crippen LogP contribution < -0.4 is 0 Å². The van der Waals surface area contributed by atoms with Gasteiger partial charge >= 0.3 is 6.09 Å². The van der Waals surface area contributed by atoms with Gasteiger partial charge in [-0.3, -0.25) is 4.79 Å². The summed E-state index contributed by atoms with van der Waals surface area (Å²) in [5.41, 5.74) is 0.856. The van der Waals surface area contributed by atoms with E-state index in [2.05, 4.69) is 0 Å². The number of thiocarbonyl (C=S) groups is 1. The van der Waals surface area contributed by atoms with Crippen molar-refractivity contribution < 1.29 is 14.7 Å². The van der Waals surface area contributed by atoms with E-state index in [1.54, 1.807) is 24.3 Å². The third-order valence-electron chi connectivity index (χ3n) is 1.99. The monoisotopic (exact) mass is 207 g/mol. The SMILES string of the molecule is O=C(O)N1C(=O)c2ccccc2C1=S. The first-order valence-electron chi connectivity index (χ1n) is 3.83. The summed E-state index contributed by atoms with van der Waals surface area (Å²) in [5, 5.41) is 8.74. The van der Waals surface area contributed by atoms with Crippen LogP contribution >= 0.6 is 12.2 Å². The molecule has 1 aromatic carbocycles. The fourth-order valence-corrected chi connectivity index (χ4v) is 1.70. The zero-order valence-corrected chi connectivity index (χ0v) is 7.75. The van der Waals surface area contributed by atoms with Gasteiger partial charge in [-0.2, -0.15) is 0 Å². The number of fused-ring (bicyclic) bond motifs is 1. The van der Waals surface area contributed by atoms with Gasteiger partial charge in [0.2, 0.25) is 0 Å². The number of nitrogens with zero attached hydrogens (tertiary/aromatic N) is 1. The average Bonchev–Trinajstić information content (AvgIpc) is 2.41. The predicted octanol–water partition coefficient (Wildman–Crippen LogP) is 1.50. The van der Waals surface area contributed by atoms with Crippen molar-refractivity contribution in [2.45, 2.75) is 0 Å². The number of amides is 2. The average molecular weight is 207 g/mol. The van der Waals surface area contributed by atoms with Crippen LogP contribution in [0.3, 0.4) is 0 Å². The summed E-state index contributed by atoms with van der Waals surface area (Å²) >= 11 is 4.87. The van der Waals surface area contributed by atoms with Crippen LogP contribution in [0.5, 0.6) is 0 Å². The van der Waals surface area contributed by atoms with E-state index in [-0.39, 0.29) is 4.99 Å². The Balaban J connectivity index is 2.59. The topological polar surface area (TPSA) is 57.6 Å². The third-order valence-corrected chi connectivity index (χ3v) is 2.39. The number of hydrogen-bond acceptors (Lipinski definition) is 3. The molecule has 2 amide bonds. The summed E-state index contributed by atoms with van der Waals surface area (Å²) in [5.74, 6) is -0.571. The van der Waals surface area contributed by atoms with Gasteiger partial charge in [0.25, 0.3) is 5.91 Å². The van der Waals surface area contributed by atoms with Crippen molar-refractivity contribution in [3.05, 3.63) is 35.4 Å². The van der Waals surface area contributed by atoms with Gasteiger partial charge in [0.1, 0.15) is 4.99 Å². The molecule has 0 radical (unpaired) electrons. The normalized spacial score (nSPS) is 14.4. The third kappa shape index (κ3) is 1.03. The van der Waals surface area contributed by atoms with Gasteiger partial charge in [-0.25, -0.2) is 9.69 Å². The zero-order valence-electron chi connectivity index (χ0n) is 6.93.